The summed E-state index contributed by atoms with van der Waals surface area (Å²) in [7, 11) is 1.51. The maximum Gasteiger partial charge on any atom is 0.328 e. The summed E-state index contributed by atoms with van der Waals surface area (Å²) in [5, 5.41) is 22.4. The summed E-state index contributed by atoms with van der Waals surface area (Å²) >= 11 is 0. The zero-order valence-electron chi connectivity index (χ0n) is 13.2. The molecule has 1 aromatic rings. The maximum atomic E-state index is 12.0. The Labute approximate surface area is 138 Å². The number of nitro benzene ring substituents is 1. The first-order valence-corrected chi connectivity index (χ1v) is 7.02. The highest BCUT2D eigenvalue weighted by Crippen LogP contribution is 2.26. The Morgan fingerprint density at radius 3 is 2.75 bits per heavy atom. The molecule has 0 radical (unpaired) electrons. The molecule has 1 atom stereocenters. The molecule has 0 spiro atoms. The van der Waals surface area contributed by atoms with Gasteiger partial charge in [0.05, 0.1) is 24.7 Å². The van der Waals surface area contributed by atoms with Crippen molar-refractivity contribution >= 4 is 23.3 Å². The topological polar surface area (TPSA) is 122 Å². The number of ether oxygens (including phenoxy) is 1. The Kier molecular flexibility index (Phi) is 7.37. The second kappa shape index (κ2) is 9.26. The molecule has 0 bridgehead atoms. The van der Waals surface area contributed by atoms with Crippen LogP contribution in [0.15, 0.2) is 36.9 Å². The lowest BCUT2D eigenvalue weighted by molar-refractivity contribution is -0.384. The Morgan fingerprint density at radius 1 is 1.50 bits per heavy atom. The molecule has 0 aliphatic heterocycles. The normalized spacial score (nSPS) is 11.4. The van der Waals surface area contributed by atoms with Crippen molar-refractivity contribution in [3.63, 3.8) is 0 Å². The second-order valence-electron chi connectivity index (χ2n) is 4.89. The minimum atomic E-state index is -1.24. The van der Waals surface area contributed by atoms with Gasteiger partial charge in [0.15, 0.2) is 6.04 Å². The van der Waals surface area contributed by atoms with Crippen molar-refractivity contribution < 1.29 is 24.4 Å². The SMILES string of the molecule is C=CCOCC(NC(=O)CN(C)c1ccccc1[N+](=O)[O-])C(=O)O. The average Bonchev–Trinajstić information content (AvgIpc) is 2.53. The Hall–Kier alpha value is -2.94. The second-order valence-corrected chi connectivity index (χ2v) is 4.89. The molecular formula is C15H19N3O6. The highest BCUT2D eigenvalue weighted by Gasteiger charge is 2.22. The van der Waals surface area contributed by atoms with Gasteiger partial charge in [-0.25, -0.2) is 4.79 Å². The number of rotatable bonds is 10. The standard InChI is InChI=1S/C15H19N3O6/c1-3-8-24-10-11(15(20)21)16-14(19)9-17(2)12-6-4-5-7-13(12)18(22)23/h3-7,11H,1,8-10H2,2H3,(H,16,19)(H,20,21). The first-order valence-electron chi connectivity index (χ1n) is 7.02. The molecule has 130 valence electrons. The van der Waals surface area contributed by atoms with Gasteiger partial charge >= 0.3 is 5.97 Å². The van der Waals surface area contributed by atoms with Gasteiger partial charge in [0.25, 0.3) is 5.69 Å². The van der Waals surface area contributed by atoms with Crippen LogP contribution < -0.4 is 10.2 Å². The Morgan fingerprint density at radius 2 is 2.17 bits per heavy atom. The van der Waals surface area contributed by atoms with Gasteiger partial charge in [-0.15, -0.1) is 6.58 Å². The third kappa shape index (κ3) is 5.69. The fourth-order valence-corrected chi connectivity index (χ4v) is 1.93. The number of nitrogens with zero attached hydrogens (tertiary/aromatic N) is 2. The summed E-state index contributed by atoms with van der Waals surface area (Å²) < 4.78 is 5.03. The van der Waals surface area contributed by atoms with Gasteiger partial charge in [0, 0.05) is 13.1 Å². The summed E-state index contributed by atoms with van der Waals surface area (Å²) in [6.45, 7) is 3.15. The number of carbonyl (C=O) groups is 2. The quantitative estimate of drug-likeness (QED) is 0.280. The van der Waals surface area contributed by atoms with Crippen LogP contribution in [0.2, 0.25) is 0 Å². The largest absolute Gasteiger partial charge is 0.480 e. The van der Waals surface area contributed by atoms with E-state index in [1.165, 1.54) is 36.2 Å². The molecule has 9 nitrogen and oxygen atoms in total. The van der Waals surface area contributed by atoms with Crippen LogP contribution in [0.5, 0.6) is 0 Å². The number of amides is 1. The summed E-state index contributed by atoms with van der Waals surface area (Å²) in [5.74, 6) is -1.83. The molecule has 9 heteroatoms. The number of carboxylic acid groups (broad SMARTS) is 1. The number of para-hydroxylation sites is 2. The number of hydrogen-bond acceptors (Lipinski definition) is 6. The molecule has 1 unspecified atom stereocenters. The summed E-state index contributed by atoms with van der Waals surface area (Å²) in [6, 6.07) is 4.75. The van der Waals surface area contributed by atoms with Crippen LogP contribution in [0.4, 0.5) is 11.4 Å². The van der Waals surface area contributed by atoms with Crippen LogP contribution in [0.25, 0.3) is 0 Å². The third-order valence-corrected chi connectivity index (χ3v) is 3.02. The van der Waals surface area contributed by atoms with E-state index in [0.717, 1.165) is 0 Å². The van der Waals surface area contributed by atoms with Gasteiger partial charge < -0.3 is 20.1 Å². The van der Waals surface area contributed by atoms with E-state index in [2.05, 4.69) is 11.9 Å². The highest BCUT2D eigenvalue weighted by atomic mass is 16.6. The fourth-order valence-electron chi connectivity index (χ4n) is 1.93. The number of hydrogen-bond donors (Lipinski definition) is 2. The van der Waals surface area contributed by atoms with Gasteiger partial charge in [0.1, 0.15) is 5.69 Å². The van der Waals surface area contributed by atoms with E-state index in [1.54, 1.807) is 6.07 Å². The monoisotopic (exact) mass is 337 g/mol. The van der Waals surface area contributed by atoms with E-state index in [1.807, 2.05) is 0 Å². The molecule has 1 rings (SSSR count). The average molecular weight is 337 g/mol. The number of benzene rings is 1. The van der Waals surface area contributed by atoms with Crippen molar-refractivity contribution in [3.05, 3.63) is 47.0 Å². The summed E-state index contributed by atoms with van der Waals surface area (Å²) in [5.41, 5.74) is 0.115. The van der Waals surface area contributed by atoms with Crippen molar-refractivity contribution in [2.24, 2.45) is 0 Å². The molecule has 2 N–H and O–H groups in total. The van der Waals surface area contributed by atoms with Crippen LogP contribution in [-0.4, -0.2) is 54.8 Å². The summed E-state index contributed by atoms with van der Waals surface area (Å²) in [6.07, 6.45) is 1.46. The number of carbonyl (C=O) groups excluding carboxylic acids is 1. The first kappa shape index (κ1) is 19.1. The lowest BCUT2D eigenvalue weighted by Gasteiger charge is -2.20. The Bertz CT molecular complexity index is 619. The first-order chi connectivity index (χ1) is 11.4. The molecule has 24 heavy (non-hydrogen) atoms. The van der Waals surface area contributed by atoms with Crippen LogP contribution in [0.3, 0.4) is 0 Å². The van der Waals surface area contributed by atoms with Crippen LogP contribution in [-0.2, 0) is 14.3 Å². The molecule has 0 aromatic heterocycles. The molecule has 1 aromatic carbocycles. The predicted molar refractivity (Wildman–Crippen MR) is 86.9 cm³/mol. The summed E-state index contributed by atoms with van der Waals surface area (Å²) in [4.78, 5) is 34.9. The van der Waals surface area contributed by atoms with Crippen molar-refractivity contribution in [3.8, 4) is 0 Å². The molecule has 0 aliphatic carbocycles. The third-order valence-electron chi connectivity index (χ3n) is 3.02. The van der Waals surface area contributed by atoms with Crippen molar-refractivity contribution in [1.82, 2.24) is 5.32 Å². The lowest BCUT2D eigenvalue weighted by atomic mass is 10.2. The molecule has 0 fully saturated rings. The van der Waals surface area contributed by atoms with E-state index in [9.17, 15) is 19.7 Å². The van der Waals surface area contributed by atoms with Gasteiger partial charge in [-0.3, -0.25) is 14.9 Å². The maximum absolute atomic E-state index is 12.0. The van der Waals surface area contributed by atoms with Crippen LogP contribution in [0.1, 0.15) is 0 Å². The van der Waals surface area contributed by atoms with Gasteiger partial charge in [0.2, 0.25) is 5.91 Å². The predicted octanol–water partition coefficient (Wildman–Crippen LogP) is 0.803. The van der Waals surface area contributed by atoms with Crippen molar-refractivity contribution in [2.75, 3.05) is 31.7 Å². The smallest absolute Gasteiger partial charge is 0.328 e. The molecule has 0 saturated heterocycles. The van der Waals surface area contributed by atoms with Crippen molar-refractivity contribution in [2.45, 2.75) is 6.04 Å². The minimum absolute atomic E-state index is 0.142. The van der Waals surface area contributed by atoms with Crippen molar-refractivity contribution in [1.29, 1.82) is 0 Å². The molecule has 0 saturated carbocycles. The number of carboxylic acids is 1. The zero-order valence-corrected chi connectivity index (χ0v) is 13.2. The molecule has 0 aliphatic rings. The number of anilines is 1. The molecule has 1 amide bonds. The van der Waals surface area contributed by atoms with E-state index in [4.69, 9.17) is 9.84 Å². The zero-order chi connectivity index (χ0) is 18.1. The van der Waals surface area contributed by atoms with E-state index < -0.39 is 22.8 Å². The van der Waals surface area contributed by atoms with Gasteiger partial charge in [-0.1, -0.05) is 18.2 Å². The number of aliphatic carboxylic acids is 1. The number of nitrogens with one attached hydrogen (secondary N) is 1. The van der Waals surface area contributed by atoms with E-state index in [0.29, 0.717) is 0 Å². The Balaban J connectivity index is 2.70. The van der Waals surface area contributed by atoms with Crippen LogP contribution >= 0.6 is 0 Å². The van der Waals surface area contributed by atoms with Crippen LogP contribution in [0, 0.1) is 10.1 Å². The number of nitro groups is 1. The lowest BCUT2D eigenvalue weighted by Crippen LogP contribution is -2.47. The van der Waals surface area contributed by atoms with Gasteiger partial charge in [-0.05, 0) is 6.07 Å². The van der Waals surface area contributed by atoms with E-state index in [-0.39, 0.29) is 31.1 Å². The molecule has 0 heterocycles. The highest BCUT2D eigenvalue weighted by molar-refractivity contribution is 5.87. The number of likely N-dealkylation sites (N-methyl/N-ethyl adjacent to an activating group) is 1. The fraction of sp³-hybridized carbons (Fsp3) is 0.333. The minimum Gasteiger partial charge on any atom is -0.480 e. The van der Waals surface area contributed by atoms with E-state index >= 15 is 0 Å². The molecular weight excluding hydrogens is 318 g/mol. The van der Waals surface area contributed by atoms with Gasteiger partial charge in [-0.2, -0.15) is 0 Å².